The fourth-order valence-electron chi connectivity index (χ4n) is 3.84. The molecule has 0 aliphatic carbocycles. The molecule has 10 heteroatoms. The monoisotopic (exact) mass is 491 g/mol. The van der Waals surface area contributed by atoms with Gasteiger partial charge in [-0.25, -0.2) is 14.0 Å². The number of aromatic carboxylic acids is 1. The van der Waals surface area contributed by atoms with Crippen molar-refractivity contribution in [2.75, 3.05) is 7.11 Å². The van der Waals surface area contributed by atoms with E-state index in [1.54, 1.807) is 19.2 Å². The molecule has 0 radical (unpaired) electrons. The first-order valence-electron chi connectivity index (χ1n) is 10.9. The zero-order chi connectivity index (χ0) is 26.0. The number of hydrogen-bond donors (Lipinski definition) is 2. The highest BCUT2D eigenvalue weighted by atomic mass is 19.1. The van der Waals surface area contributed by atoms with Crippen molar-refractivity contribution in [2.24, 2.45) is 7.05 Å². The van der Waals surface area contributed by atoms with Crippen LogP contribution in [-0.4, -0.2) is 33.2 Å². The first-order valence-corrected chi connectivity index (χ1v) is 10.9. The quantitative estimate of drug-likeness (QED) is 0.410. The largest absolute Gasteiger partial charge is 0.497 e. The predicted molar refractivity (Wildman–Crippen MR) is 130 cm³/mol. The summed E-state index contributed by atoms with van der Waals surface area (Å²) < 4.78 is 21.4. The van der Waals surface area contributed by atoms with Crippen LogP contribution in [0.15, 0.2) is 70.3 Å². The van der Waals surface area contributed by atoms with Crippen molar-refractivity contribution < 1.29 is 23.8 Å². The molecule has 4 aromatic rings. The average Bonchev–Trinajstić information content (AvgIpc) is 2.88. The Labute approximate surface area is 204 Å². The minimum atomic E-state index is -1.42. The van der Waals surface area contributed by atoms with Crippen LogP contribution in [0.4, 0.5) is 4.39 Å². The van der Waals surface area contributed by atoms with Gasteiger partial charge in [-0.2, -0.15) is 0 Å². The molecule has 0 atom stereocenters. The van der Waals surface area contributed by atoms with E-state index in [0.29, 0.717) is 11.3 Å². The third kappa shape index (κ3) is 4.74. The van der Waals surface area contributed by atoms with Crippen molar-refractivity contribution >= 4 is 22.8 Å². The number of halogens is 1. The summed E-state index contributed by atoms with van der Waals surface area (Å²) in [5.74, 6) is -2.10. The molecule has 0 aliphatic rings. The van der Waals surface area contributed by atoms with Gasteiger partial charge in [0.2, 0.25) is 0 Å². The Morgan fingerprint density at radius 3 is 2.33 bits per heavy atom. The Hall–Kier alpha value is -4.73. The number of aromatic nitrogens is 2. The molecule has 1 aromatic heterocycles. The Morgan fingerprint density at radius 2 is 1.69 bits per heavy atom. The third-order valence-electron chi connectivity index (χ3n) is 5.83. The summed E-state index contributed by atoms with van der Waals surface area (Å²) >= 11 is 0. The van der Waals surface area contributed by atoms with Gasteiger partial charge in [-0.05, 0) is 53.6 Å². The lowest BCUT2D eigenvalue weighted by atomic mass is 10.1. The standard InChI is InChI=1S/C26H22FN3O6/c1-29-22-10-6-17(23(31)28-13-15-3-7-18(36-2)8-4-15)12-20(22)24(32)30(26(29)35)14-16-5-9-19(25(33)34)21(27)11-16/h3-12H,13-14H2,1-2H3,(H,28,31)(H,33,34). The number of carbonyl (C=O) groups excluding carboxylic acids is 1. The number of fused-ring (bicyclic) bond motifs is 1. The van der Waals surface area contributed by atoms with Crippen LogP contribution in [0.2, 0.25) is 0 Å². The number of rotatable bonds is 7. The number of carbonyl (C=O) groups is 2. The lowest BCUT2D eigenvalue weighted by Gasteiger charge is -2.12. The van der Waals surface area contributed by atoms with Gasteiger partial charge < -0.3 is 15.2 Å². The molecule has 36 heavy (non-hydrogen) atoms. The fraction of sp³-hybridized carbons (Fsp3) is 0.154. The topological polar surface area (TPSA) is 120 Å². The molecule has 184 valence electrons. The van der Waals surface area contributed by atoms with Crippen molar-refractivity contribution in [1.82, 2.24) is 14.5 Å². The molecule has 4 rings (SSSR count). The molecular formula is C26H22FN3O6. The van der Waals surface area contributed by atoms with Gasteiger partial charge >= 0.3 is 11.7 Å². The normalized spacial score (nSPS) is 10.9. The number of hydrogen-bond acceptors (Lipinski definition) is 5. The molecule has 0 saturated carbocycles. The Bertz CT molecular complexity index is 1610. The molecule has 2 N–H and O–H groups in total. The van der Waals surface area contributed by atoms with Crippen LogP contribution < -0.4 is 21.3 Å². The number of aryl methyl sites for hydroxylation is 1. The summed E-state index contributed by atoms with van der Waals surface area (Å²) in [5, 5.41) is 11.9. The maximum atomic E-state index is 14.1. The van der Waals surface area contributed by atoms with Gasteiger partial charge in [-0.3, -0.25) is 18.7 Å². The van der Waals surface area contributed by atoms with Gasteiger partial charge in [0.15, 0.2) is 0 Å². The number of nitrogens with one attached hydrogen (secondary N) is 1. The van der Waals surface area contributed by atoms with E-state index in [4.69, 9.17) is 9.84 Å². The number of methoxy groups -OCH3 is 1. The second-order valence-corrected chi connectivity index (χ2v) is 8.11. The van der Waals surface area contributed by atoms with Gasteiger partial charge in [0, 0.05) is 19.2 Å². The van der Waals surface area contributed by atoms with Crippen LogP contribution in [0.3, 0.4) is 0 Å². The number of carboxylic acids is 1. The van der Waals surface area contributed by atoms with Gasteiger partial charge in [0.25, 0.3) is 11.5 Å². The first-order chi connectivity index (χ1) is 17.2. The van der Waals surface area contributed by atoms with E-state index in [1.165, 1.54) is 35.9 Å². The molecule has 0 fully saturated rings. The second-order valence-electron chi connectivity index (χ2n) is 8.11. The molecule has 0 unspecified atom stereocenters. The van der Waals surface area contributed by atoms with E-state index < -0.39 is 34.5 Å². The Balaban J connectivity index is 1.65. The lowest BCUT2D eigenvalue weighted by Crippen LogP contribution is -2.39. The van der Waals surface area contributed by atoms with Crippen LogP contribution in [-0.2, 0) is 20.1 Å². The van der Waals surface area contributed by atoms with E-state index in [0.717, 1.165) is 22.3 Å². The molecular weight excluding hydrogens is 469 g/mol. The molecule has 0 saturated heterocycles. The molecule has 1 amide bonds. The number of carboxylic acid groups (broad SMARTS) is 1. The highest BCUT2D eigenvalue weighted by Gasteiger charge is 2.16. The molecule has 0 aliphatic heterocycles. The lowest BCUT2D eigenvalue weighted by molar-refractivity contribution is 0.0691. The highest BCUT2D eigenvalue weighted by Crippen LogP contribution is 2.15. The van der Waals surface area contributed by atoms with Crippen molar-refractivity contribution in [3.8, 4) is 5.75 Å². The highest BCUT2D eigenvalue weighted by molar-refractivity contribution is 5.97. The smallest absolute Gasteiger partial charge is 0.338 e. The molecule has 3 aromatic carbocycles. The predicted octanol–water partition coefficient (Wildman–Crippen LogP) is 2.52. The first kappa shape index (κ1) is 24.4. The summed E-state index contributed by atoms with van der Waals surface area (Å²) in [4.78, 5) is 49.8. The molecule has 0 bridgehead atoms. The van der Waals surface area contributed by atoms with Crippen LogP contribution in [0, 0.1) is 5.82 Å². The molecule has 1 heterocycles. The zero-order valence-corrected chi connectivity index (χ0v) is 19.4. The summed E-state index contributed by atoms with van der Waals surface area (Å²) in [7, 11) is 3.05. The molecule has 0 spiro atoms. The number of nitrogens with zero attached hydrogens (tertiary/aromatic N) is 2. The minimum Gasteiger partial charge on any atom is -0.497 e. The van der Waals surface area contributed by atoms with Crippen LogP contribution in [0.25, 0.3) is 10.9 Å². The Morgan fingerprint density at radius 1 is 1.00 bits per heavy atom. The SMILES string of the molecule is COc1ccc(CNC(=O)c2ccc3c(c2)c(=O)n(Cc2ccc(C(=O)O)c(F)c2)c(=O)n3C)cc1. The van der Waals surface area contributed by atoms with Crippen LogP contribution in [0.5, 0.6) is 5.75 Å². The zero-order valence-electron chi connectivity index (χ0n) is 19.4. The van der Waals surface area contributed by atoms with E-state index >= 15 is 0 Å². The van der Waals surface area contributed by atoms with Crippen LogP contribution in [0.1, 0.15) is 31.8 Å². The summed E-state index contributed by atoms with van der Waals surface area (Å²) in [6, 6.07) is 15.0. The van der Waals surface area contributed by atoms with Crippen molar-refractivity contribution in [3.05, 3.63) is 110 Å². The number of benzene rings is 3. The number of ether oxygens (including phenoxy) is 1. The maximum Gasteiger partial charge on any atom is 0.338 e. The number of amides is 1. The second kappa shape index (κ2) is 9.87. The van der Waals surface area contributed by atoms with Gasteiger partial charge in [-0.1, -0.05) is 18.2 Å². The van der Waals surface area contributed by atoms with E-state index in [-0.39, 0.29) is 29.6 Å². The van der Waals surface area contributed by atoms with Gasteiger partial charge in [0.1, 0.15) is 11.6 Å². The van der Waals surface area contributed by atoms with Crippen molar-refractivity contribution in [2.45, 2.75) is 13.1 Å². The van der Waals surface area contributed by atoms with E-state index in [2.05, 4.69) is 5.32 Å². The summed E-state index contributed by atoms with van der Waals surface area (Å²) in [5.41, 5.74) is -0.133. The van der Waals surface area contributed by atoms with Gasteiger partial charge in [0.05, 0.1) is 30.1 Å². The van der Waals surface area contributed by atoms with Crippen molar-refractivity contribution in [1.29, 1.82) is 0 Å². The third-order valence-corrected chi connectivity index (χ3v) is 5.83. The minimum absolute atomic E-state index is 0.136. The summed E-state index contributed by atoms with van der Waals surface area (Å²) in [6.45, 7) is -0.0115. The summed E-state index contributed by atoms with van der Waals surface area (Å²) in [6.07, 6.45) is 0. The van der Waals surface area contributed by atoms with Crippen molar-refractivity contribution in [3.63, 3.8) is 0 Å². The van der Waals surface area contributed by atoms with Crippen LogP contribution >= 0.6 is 0 Å². The van der Waals surface area contributed by atoms with E-state index in [9.17, 15) is 23.6 Å². The maximum absolute atomic E-state index is 14.1. The average molecular weight is 491 g/mol. The van der Waals surface area contributed by atoms with Gasteiger partial charge in [-0.15, -0.1) is 0 Å². The molecule has 9 nitrogen and oxygen atoms in total. The Kier molecular flexibility index (Phi) is 6.69. The fourth-order valence-corrected chi connectivity index (χ4v) is 3.84. The van der Waals surface area contributed by atoms with E-state index in [1.807, 2.05) is 12.1 Å².